The van der Waals surface area contributed by atoms with Gasteiger partial charge in [0.15, 0.2) is 5.69 Å². The van der Waals surface area contributed by atoms with Crippen molar-refractivity contribution in [2.24, 2.45) is 0 Å². The molecule has 0 bridgehead atoms. The van der Waals surface area contributed by atoms with Gasteiger partial charge in [-0.25, -0.2) is 0 Å². The van der Waals surface area contributed by atoms with Crippen LogP contribution in [-0.4, -0.2) is 41.1 Å². The van der Waals surface area contributed by atoms with E-state index < -0.39 is 6.04 Å². The number of aromatic amines is 1. The second-order valence-electron chi connectivity index (χ2n) is 6.60. The van der Waals surface area contributed by atoms with Gasteiger partial charge in [-0.3, -0.25) is 14.7 Å². The van der Waals surface area contributed by atoms with Crippen LogP contribution in [0.1, 0.15) is 33.7 Å². The molecule has 1 unspecified atom stereocenters. The molecule has 2 aliphatic rings. The molecule has 26 heavy (non-hydrogen) atoms. The molecule has 0 spiro atoms. The van der Waals surface area contributed by atoms with Gasteiger partial charge in [0.05, 0.1) is 0 Å². The lowest BCUT2D eigenvalue weighted by atomic mass is 10.1. The number of hydrogen-bond acceptors (Lipinski definition) is 4. The summed E-state index contributed by atoms with van der Waals surface area (Å²) in [5.74, 6) is -0.356. The second-order valence-corrected chi connectivity index (χ2v) is 6.60. The summed E-state index contributed by atoms with van der Waals surface area (Å²) in [6, 6.07) is 7.34. The summed E-state index contributed by atoms with van der Waals surface area (Å²) >= 11 is 0. The van der Waals surface area contributed by atoms with Gasteiger partial charge in [0.2, 0.25) is 5.91 Å². The van der Waals surface area contributed by atoms with Crippen LogP contribution in [0.25, 0.3) is 0 Å². The predicted octanol–water partition coefficient (Wildman–Crippen LogP) is 1.32. The van der Waals surface area contributed by atoms with E-state index in [-0.39, 0.29) is 24.2 Å². The van der Waals surface area contributed by atoms with Gasteiger partial charge in [-0.2, -0.15) is 5.10 Å². The Kier molecular flexibility index (Phi) is 5.29. The number of aryl methyl sites for hydroxylation is 1. The number of benzene rings is 1. The first kappa shape index (κ1) is 18.4. The fourth-order valence-corrected chi connectivity index (χ4v) is 3.43. The summed E-state index contributed by atoms with van der Waals surface area (Å²) in [4.78, 5) is 27.0. The van der Waals surface area contributed by atoms with Gasteiger partial charge < -0.3 is 15.5 Å². The number of fused-ring (bicyclic) bond motifs is 1. The normalized spacial score (nSPS) is 19.0. The largest absolute Gasteiger partial charge is 0.339 e. The summed E-state index contributed by atoms with van der Waals surface area (Å²) in [5.41, 5.74) is 4.32. The highest BCUT2D eigenvalue weighted by molar-refractivity contribution is 6.03. The predicted molar refractivity (Wildman–Crippen MR) is 101 cm³/mol. The van der Waals surface area contributed by atoms with Crippen LogP contribution in [0, 0.1) is 6.92 Å². The van der Waals surface area contributed by atoms with E-state index in [4.69, 9.17) is 0 Å². The summed E-state index contributed by atoms with van der Waals surface area (Å²) in [7, 11) is 0. The Morgan fingerprint density at radius 2 is 2.08 bits per heavy atom. The fraction of sp³-hybridized carbons (Fsp3) is 0.389. The molecule has 0 aliphatic carbocycles. The fourth-order valence-electron chi connectivity index (χ4n) is 3.43. The van der Waals surface area contributed by atoms with Crippen LogP contribution in [0.15, 0.2) is 24.3 Å². The molecular weight excluding hydrogens is 354 g/mol. The molecule has 1 aromatic heterocycles. The molecule has 1 fully saturated rings. The molecule has 2 aromatic rings. The van der Waals surface area contributed by atoms with E-state index in [0.29, 0.717) is 25.2 Å². The van der Waals surface area contributed by atoms with Gasteiger partial charge in [-0.1, -0.05) is 17.7 Å². The standard InChI is InChI=1S/C18H21N5O2.ClH/c1-11-2-4-12(5-3-11)23-9-7-15(18(23)25)20-17(24)16-13-10-19-8-6-14(13)21-22-16;/h2-5,15,19H,6-10H2,1H3,(H,20,24)(H,21,22);1H. The van der Waals surface area contributed by atoms with Crippen LogP contribution in [0.5, 0.6) is 0 Å². The molecule has 2 aliphatic heterocycles. The van der Waals surface area contributed by atoms with Crippen molar-refractivity contribution in [2.45, 2.75) is 32.4 Å². The Hall–Kier alpha value is -2.38. The van der Waals surface area contributed by atoms with Gasteiger partial charge >= 0.3 is 0 Å². The third-order valence-electron chi connectivity index (χ3n) is 4.88. The molecule has 7 nitrogen and oxygen atoms in total. The van der Waals surface area contributed by atoms with Gasteiger partial charge in [-0.05, 0) is 25.5 Å². The molecule has 3 heterocycles. The van der Waals surface area contributed by atoms with Crippen LogP contribution in [-0.2, 0) is 17.8 Å². The van der Waals surface area contributed by atoms with Crippen molar-refractivity contribution in [1.82, 2.24) is 20.8 Å². The summed E-state index contributed by atoms with van der Waals surface area (Å²) in [6.07, 6.45) is 1.43. The number of rotatable bonds is 3. The molecule has 0 radical (unpaired) electrons. The maximum Gasteiger partial charge on any atom is 0.272 e. The zero-order chi connectivity index (χ0) is 17.4. The Morgan fingerprint density at radius 3 is 2.85 bits per heavy atom. The number of H-pyrrole nitrogens is 1. The molecule has 2 amide bonds. The van der Waals surface area contributed by atoms with Gasteiger partial charge in [0.1, 0.15) is 6.04 Å². The molecule has 138 valence electrons. The Balaban J connectivity index is 0.00000196. The van der Waals surface area contributed by atoms with Crippen LogP contribution >= 0.6 is 12.4 Å². The topological polar surface area (TPSA) is 90.1 Å². The number of halogens is 1. The molecule has 0 saturated carbocycles. The second kappa shape index (κ2) is 7.47. The van der Waals surface area contributed by atoms with Crippen molar-refractivity contribution in [3.8, 4) is 0 Å². The third kappa shape index (κ3) is 3.32. The van der Waals surface area contributed by atoms with Crippen molar-refractivity contribution in [3.63, 3.8) is 0 Å². The van der Waals surface area contributed by atoms with E-state index in [1.54, 1.807) is 4.90 Å². The number of hydrogen-bond donors (Lipinski definition) is 3. The van der Waals surface area contributed by atoms with Gasteiger partial charge in [0.25, 0.3) is 5.91 Å². The molecule has 4 rings (SSSR count). The first-order valence-electron chi connectivity index (χ1n) is 8.59. The number of carbonyl (C=O) groups is 2. The maximum absolute atomic E-state index is 12.7. The summed E-state index contributed by atoms with van der Waals surface area (Å²) in [6.45, 7) is 4.12. The van der Waals surface area contributed by atoms with Crippen LogP contribution < -0.4 is 15.5 Å². The third-order valence-corrected chi connectivity index (χ3v) is 4.88. The molecule has 1 saturated heterocycles. The summed E-state index contributed by atoms with van der Waals surface area (Å²) in [5, 5.41) is 13.2. The number of carbonyl (C=O) groups excluding carboxylic acids is 2. The zero-order valence-electron chi connectivity index (χ0n) is 14.5. The van der Waals surface area contributed by atoms with Crippen molar-refractivity contribution < 1.29 is 9.59 Å². The van der Waals surface area contributed by atoms with Crippen molar-refractivity contribution in [3.05, 3.63) is 46.8 Å². The first-order valence-corrected chi connectivity index (χ1v) is 8.59. The Bertz CT molecular complexity index is 817. The quantitative estimate of drug-likeness (QED) is 0.754. The lowest BCUT2D eigenvalue weighted by Gasteiger charge is -2.17. The van der Waals surface area contributed by atoms with Gasteiger partial charge in [-0.15, -0.1) is 12.4 Å². The van der Waals surface area contributed by atoms with Crippen LogP contribution in [0.2, 0.25) is 0 Å². The monoisotopic (exact) mass is 375 g/mol. The number of anilines is 1. The van der Waals surface area contributed by atoms with E-state index in [1.165, 1.54) is 0 Å². The number of aromatic nitrogens is 2. The van der Waals surface area contributed by atoms with Crippen LogP contribution in [0.3, 0.4) is 0 Å². The minimum absolute atomic E-state index is 0. The zero-order valence-corrected chi connectivity index (χ0v) is 15.4. The van der Waals surface area contributed by atoms with E-state index >= 15 is 0 Å². The smallest absolute Gasteiger partial charge is 0.272 e. The number of nitrogens with one attached hydrogen (secondary N) is 3. The highest BCUT2D eigenvalue weighted by atomic mass is 35.5. The van der Waals surface area contributed by atoms with E-state index in [1.807, 2.05) is 31.2 Å². The Morgan fingerprint density at radius 1 is 1.31 bits per heavy atom. The average Bonchev–Trinajstić information content (AvgIpc) is 3.20. The van der Waals surface area contributed by atoms with E-state index in [9.17, 15) is 9.59 Å². The minimum atomic E-state index is -0.502. The lowest BCUT2D eigenvalue weighted by molar-refractivity contribution is -0.118. The molecule has 3 N–H and O–H groups in total. The van der Waals surface area contributed by atoms with E-state index in [0.717, 1.165) is 35.5 Å². The average molecular weight is 376 g/mol. The Labute approximate surface area is 157 Å². The van der Waals surface area contributed by atoms with Crippen molar-refractivity contribution in [1.29, 1.82) is 0 Å². The molecular formula is C18H22ClN5O2. The molecule has 1 atom stereocenters. The molecule has 1 aromatic carbocycles. The summed E-state index contributed by atoms with van der Waals surface area (Å²) < 4.78 is 0. The number of nitrogens with zero attached hydrogens (tertiary/aromatic N) is 2. The van der Waals surface area contributed by atoms with E-state index in [2.05, 4.69) is 20.8 Å². The van der Waals surface area contributed by atoms with Gasteiger partial charge in [0, 0.05) is 43.0 Å². The highest BCUT2D eigenvalue weighted by Gasteiger charge is 2.34. The number of amides is 2. The lowest BCUT2D eigenvalue weighted by Crippen LogP contribution is -2.42. The van der Waals surface area contributed by atoms with Crippen molar-refractivity contribution in [2.75, 3.05) is 18.0 Å². The first-order chi connectivity index (χ1) is 12.1. The SMILES string of the molecule is Cc1ccc(N2CCC(NC(=O)c3n[nH]c4c3CNCC4)C2=O)cc1.Cl. The minimum Gasteiger partial charge on any atom is -0.339 e. The highest BCUT2D eigenvalue weighted by Crippen LogP contribution is 2.22. The van der Waals surface area contributed by atoms with Crippen molar-refractivity contribution >= 4 is 29.9 Å². The van der Waals surface area contributed by atoms with Crippen LogP contribution in [0.4, 0.5) is 5.69 Å². The maximum atomic E-state index is 12.7. The molecule has 8 heteroatoms.